The standard InChI is InChI=1S/C10H13N3O/c1-7-3-2-4-8(12-7)10(5-6-10)13-9(11)14/h2-4H,5-6H2,1H3,(H3,11,13,14). The molecule has 0 spiro atoms. The second-order valence-electron chi connectivity index (χ2n) is 3.74. The second kappa shape index (κ2) is 2.97. The maximum atomic E-state index is 10.8. The number of aromatic nitrogens is 1. The number of nitrogens with two attached hydrogens (primary N) is 1. The number of aryl methyl sites for hydroxylation is 1. The van der Waals surface area contributed by atoms with E-state index in [0.717, 1.165) is 24.2 Å². The highest BCUT2D eigenvalue weighted by molar-refractivity contribution is 5.73. The van der Waals surface area contributed by atoms with Gasteiger partial charge >= 0.3 is 6.03 Å². The van der Waals surface area contributed by atoms with Crippen LogP contribution in [0.2, 0.25) is 0 Å². The number of carbonyl (C=O) groups is 1. The van der Waals surface area contributed by atoms with Crippen molar-refractivity contribution in [2.75, 3.05) is 0 Å². The van der Waals surface area contributed by atoms with Crippen LogP contribution in [0, 0.1) is 6.92 Å². The van der Waals surface area contributed by atoms with E-state index < -0.39 is 6.03 Å². The van der Waals surface area contributed by atoms with E-state index in [1.807, 2.05) is 25.1 Å². The van der Waals surface area contributed by atoms with Crippen molar-refractivity contribution >= 4 is 6.03 Å². The molecule has 1 fully saturated rings. The van der Waals surface area contributed by atoms with Crippen molar-refractivity contribution in [3.8, 4) is 0 Å². The van der Waals surface area contributed by atoms with Crippen molar-refractivity contribution in [3.05, 3.63) is 29.6 Å². The Morgan fingerprint density at radius 2 is 2.29 bits per heavy atom. The molecule has 0 unspecified atom stereocenters. The van der Waals surface area contributed by atoms with Gasteiger partial charge in [-0.25, -0.2) is 4.79 Å². The molecule has 0 bridgehead atoms. The van der Waals surface area contributed by atoms with E-state index in [9.17, 15) is 4.79 Å². The lowest BCUT2D eigenvalue weighted by Gasteiger charge is -2.15. The summed E-state index contributed by atoms with van der Waals surface area (Å²) in [5, 5.41) is 2.75. The Hall–Kier alpha value is -1.58. The van der Waals surface area contributed by atoms with Crippen LogP contribution in [0.3, 0.4) is 0 Å². The molecule has 4 nitrogen and oxygen atoms in total. The summed E-state index contributed by atoms with van der Waals surface area (Å²) in [4.78, 5) is 15.2. The number of hydrogen-bond acceptors (Lipinski definition) is 2. The minimum absolute atomic E-state index is 0.280. The van der Waals surface area contributed by atoms with Crippen molar-refractivity contribution in [2.24, 2.45) is 5.73 Å². The molecular weight excluding hydrogens is 178 g/mol. The molecule has 0 aromatic carbocycles. The van der Waals surface area contributed by atoms with Gasteiger partial charge in [0.2, 0.25) is 0 Å². The van der Waals surface area contributed by atoms with Crippen LogP contribution in [0.1, 0.15) is 24.2 Å². The van der Waals surface area contributed by atoms with E-state index in [1.54, 1.807) is 0 Å². The first-order valence-electron chi connectivity index (χ1n) is 4.64. The van der Waals surface area contributed by atoms with Crippen LogP contribution in [-0.2, 0) is 5.54 Å². The van der Waals surface area contributed by atoms with E-state index in [-0.39, 0.29) is 5.54 Å². The van der Waals surface area contributed by atoms with Gasteiger partial charge in [-0.2, -0.15) is 0 Å². The van der Waals surface area contributed by atoms with Gasteiger partial charge in [-0.3, -0.25) is 4.98 Å². The predicted molar refractivity (Wildman–Crippen MR) is 52.6 cm³/mol. The highest BCUT2D eigenvalue weighted by Gasteiger charge is 2.46. The maximum Gasteiger partial charge on any atom is 0.312 e. The summed E-state index contributed by atoms with van der Waals surface area (Å²) >= 11 is 0. The lowest BCUT2D eigenvalue weighted by atomic mass is 10.1. The van der Waals surface area contributed by atoms with Crippen molar-refractivity contribution in [3.63, 3.8) is 0 Å². The summed E-state index contributed by atoms with van der Waals surface area (Å²) in [6.07, 6.45) is 1.85. The number of urea groups is 1. The van der Waals surface area contributed by atoms with Gasteiger partial charge in [0.15, 0.2) is 0 Å². The molecule has 4 heteroatoms. The highest BCUT2D eigenvalue weighted by Crippen LogP contribution is 2.44. The van der Waals surface area contributed by atoms with Gasteiger partial charge in [0, 0.05) is 5.69 Å². The van der Waals surface area contributed by atoms with Crippen LogP contribution in [0.15, 0.2) is 18.2 Å². The van der Waals surface area contributed by atoms with Crippen LogP contribution < -0.4 is 11.1 Å². The third-order valence-corrected chi connectivity index (χ3v) is 2.49. The molecule has 2 rings (SSSR count). The van der Waals surface area contributed by atoms with Crippen LogP contribution >= 0.6 is 0 Å². The minimum atomic E-state index is -0.481. The van der Waals surface area contributed by atoms with E-state index >= 15 is 0 Å². The predicted octanol–water partition coefficient (Wildman–Crippen LogP) is 1.05. The molecule has 3 N–H and O–H groups in total. The Bertz CT molecular complexity index is 371. The summed E-state index contributed by atoms with van der Waals surface area (Å²) < 4.78 is 0. The van der Waals surface area contributed by atoms with Gasteiger partial charge < -0.3 is 11.1 Å². The molecule has 1 aromatic rings. The summed E-state index contributed by atoms with van der Waals surface area (Å²) in [7, 11) is 0. The van der Waals surface area contributed by atoms with E-state index in [2.05, 4.69) is 10.3 Å². The van der Waals surface area contributed by atoms with Crippen molar-refractivity contribution in [1.82, 2.24) is 10.3 Å². The fourth-order valence-corrected chi connectivity index (χ4v) is 1.62. The van der Waals surface area contributed by atoms with E-state index in [1.165, 1.54) is 0 Å². The zero-order valence-electron chi connectivity index (χ0n) is 8.08. The number of hydrogen-bond donors (Lipinski definition) is 2. The third kappa shape index (κ3) is 1.55. The zero-order chi connectivity index (χ0) is 10.2. The molecule has 1 aliphatic carbocycles. The second-order valence-corrected chi connectivity index (χ2v) is 3.74. The fraction of sp³-hybridized carbons (Fsp3) is 0.400. The first-order valence-corrected chi connectivity index (χ1v) is 4.64. The summed E-state index contributed by atoms with van der Waals surface area (Å²) in [6, 6.07) is 5.33. The maximum absolute atomic E-state index is 10.8. The lowest BCUT2D eigenvalue weighted by molar-refractivity contribution is 0.243. The molecule has 2 amide bonds. The van der Waals surface area contributed by atoms with Crippen LogP contribution in [0.4, 0.5) is 4.79 Å². The number of primary amides is 1. The minimum Gasteiger partial charge on any atom is -0.352 e. The molecule has 1 aliphatic rings. The van der Waals surface area contributed by atoms with Gasteiger partial charge in [-0.15, -0.1) is 0 Å². The van der Waals surface area contributed by atoms with Crippen molar-refractivity contribution in [2.45, 2.75) is 25.3 Å². The average molecular weight is 191 g/mol. The van der Waals surface area contributed by atoms with E-state index in [4.69, 9.17) is 5.73 Å². The molecular formula is C10H13N3O. The monoisotopic (exact) mass is 191 g/mol. The Kier molecular flexibility index (Phi) is 1.91. The molecule has 1 heterocycles. The molecule has 1 aromatic heterocycles. The van der Waals surface area contributed by atoms with Crippen LogP contribution in [-0.4, -0.2) is 11.0 Å². The number of carbonyl (C=O) groups excluding carboxylic acids is 1. The normalized spacial score (nSPS) is 17.5. The Labute approximate surface area is 82.5 Å². The van der Waals surface area contributed by atoms with Crippen LogP contribution in [0.5, 0.6) is 0 Å². The molecule has 0 saturated heterocycles. The Morgan fingerprint density at radius 3 is 2.79 bits per heavy atom. The Balaban J connectivity index is 2.26. The molecule has 0 radical (unpaired) electrons. The number of amides is 2. The number of rotatable bonds is 2. The smallest absolute Gasteiger partial charge is 0.312 e. The number of pyridine rings is 1. The number of nitrogens with zero attached hydrogens (tertiary/aromatic N) is 1. The SMILES string of the molecule is Cc1cccc(C2(NC(N)=O)CC2)n1. The molecule has 1 saturated carbocycles. The molecule has 74 valence electrons. The zero-order valence-corrected chi connectivity index (χ0v) is 8.08. The lowest BCUT2D eigenvalue weighted by Crippen LogP contribution is -2.39. The van der Waals surface area contributed by atoms with Crippen molar-refractivity contribution in [1.29, 1.82) is 0 Å². The first-order chi connectivity index (χ1) is 6.62. The average Bonchev–Trinajstić information content (AvgIpc) is 2.84. The van der Waals surface area contributed by atoms with Gasteiger partial charge in [-0.05, 0) is 31.9 Å². The summed E-state index contributed by atoms with van der Waals surface area (Å²) in [6.45, 7) is 1.93. The van der Waals surface area contributed by atoms with Crippen molar-refractivity contribution < 1.29 is 4.79 Å². The third-order valence-electron chi connectivity index (χ3n) is 2.49. The molecule has 0 aliphatic heterocycles. The molecule has 14 heavy (non-hydrogen) atoms. The highest BCUT2D eigenvalue weighted by atomic mass is 16.2. The van der Waals surface area contributed by atoms with Gasteiger partial charge in [-0.1, -0.05) is 6.07 Å². The van der Waals surface area contributed by atoms with Gasteiger partial charge in [0.1, 0.15) is 0 Å². The fourth-order valence-electron chi connectivity index (χ4n) is 1.62. The first kappa shape index (κ1) is 8.99. The van der Waals surface area contributed by atoms with Crippen LogP contribution in [0.25, 0.3) is 0 Å². The number of nitrogens with one attached hydrogen (secondary N) is 1. The topological polar surface area (TPSA) is 68.0 Å². The largest absolute Gasteiger partial charge is 0.352 e. The quantitative estimate of drug-likeness (QED) is 0.733. The Morgan fingerprint density at radius 1 is 1.57 bits per heavy atom. The summed E-state index contributed by atoms with van der Waals surface area (Å²) in [5.41, 5.74) is 6.71. The van der Waals surface area contributed by atoms with Gasteiger partial charge in [0.25, 0.3) is 0 Å². The van der Waals surface area contributed by atoms with Gasteiger partial charge in [0.05, 0.1) is 11.2 Å². The van der Waals surface area contributed by atoms with E-state index in [0.29, 0.717) is 0 Å². The summed E-state index contributed by atoms with van der Waals surface area (Å²) in [5.74, 6) is 0. The molecule has 0 atom stereocenters.